The summed E-state index contributed by atoms with van der Waals surface area (Å²) in [6.45, 7) is 0.521. The molecule has 0 radical (unpaired) electrons. The summed E-state index contributed by atoms with van der Waals surface area (Å²) in [4.78, 5) is 5.48. The van der Waals surface area contributed by atoms with E-state index in [-0.39, 0.29) is 0 Å². The molecule has 2 aromatic rings. The van der Waals surface area contributed by atoms with Gasteiger partial charge in [0.15, 0.2) is 0 Å². The molecule has 0 fully saturated rings. The van der Waals surface area contributed by atoms with Gasteiger partial charge in [-0.25, -0.2) is 0 Å². The lowest BCUT2D eigenvalue weighted by atomic mass is 10.2. The van der Waals surface area contributed by atoms with E-state index < -0.39 is 0 Å². The maximum absolute atomic E-state index is 5.42. The fraction of sp³-hybridized carbons (Fsp3) is 0.273. The zero-order valence-electron chi connectivity index (χ0n) is 9.01. The van der Waals surface area contributed by atoms with Crippen molar-refractivity contribution in [2.24, 2.45) is 5.73 Å². The van der Waals surface area contributed by atoms with Gasteiger partial charge in [-0.05, 0) is 30.5 Å². The van der Waals surface area contributed by atoms with Crippen LogP contribution in [0.2, 0.25) is 0 Å². The molecule has 0 atom stereocenters. The van der Waals surface area contributed by atoms with Crippen molar-refractivity contribution in [3.05, 3.63) is 30.2 Å². The van der Waals surface area contributed by atoms with Crippen molar-refractivity contribution in [3.63, 3.8) is 0 Å². The van der Waals surface area contributed by atoms with Crippen LogP contribution in [0.1, 0.15) is 5.89 Å². The minimum atomic E-state index is 0.521. The average Bonchev–Trinajstić information content (AvgIpc) is 2.78. The van der Waals surface area contributed by atoms with Crippen LogP contribution in [0, 0.1) is 0 Å². The normalized spacial score (nSPS) is 10.6. The molecule has 0 saturated carbocycles. The van der Waals surface area contributed by atoms with Crippen molar-refractivity contribution in [3.8, 4) is 11.4 Å². The Bertz CT molecular complexity index is 453. The van der Waals surface area contributed by atoms with Crippen LogP contribution in [0.5, 0.6) is 0 Å². The third kappa shape index (κ3) is 2.43. The van der Waals surface area contributed by atoms with E-state index in [4.69, 9.17) is 10.3 Å². The Hall–Kier alpha value is -1.33. The summed E-state index contributed by atoms with van der Waals surface area (Å²) < 4.78 is 5.07. The lowest BCUT2D eigenvalue weighted by molar-refractivity contribution is 0.380. The Morgan fingerprint density at radius 2 is 2.06 bits per heavy atom. The van der Waals surface area contributed by atoms with Crippen LogP contribution in [-0.2, 0) is 6.42 Å². The van der Waals surface area contributed by atoms with E-state index in [9.17, 15) is 0 Å². The molecule has 16 heavy (non-hydrogen) atoms. The Morgan fingerprint density at radius 1 is 1.31 bits per heavy atom. The first-order valence-corrected chi connectivity index (χ1v) is 6.23. The van der Waals surface area contributed by atoms with E-state index in [0.29, 0.717) is 24.7 Å². The highest BCUT2D eigenvalue weighted by Crippen LogP contribution is 2.20. The molecule has 0 spiro atoms. The number of nitrogens with zero attached hydrogens (tertiary/aromatic N) is 2. The summed E-state index contributed by atoms with van der Waals surface area (Å²) in [5, 5.41) is 3.91. The monoisotopic (exact) mass is 235 g/mol. The number of benzene rings is 1. The number of nitrogens with two attached hydrogens (primary N) is 1. The van der Waals surface area contributed by atoms with Crippen molar-refractivity contribution >= 4 is 11.8 Å². The summed E-state index contributed by atoms with van der Waals surface area (Å²) >= 11 is 1.71. The van der Waals surface area contributed by atoms with E-state index in [0.717, 1.165) is 5.56 Å². The summed E-state index contributed by atoms with van der Waals surface area (Å²) in [6, 6.07) is 8.06. The lowest BCUT2D eigenvalue weighted by Gasteiger charge is -1.96. The van der Waals surface area contributed by atoms with Crippen LogP contribution in [-0.4, -0.2) is 22.9 Å². The minimum absolute atomic E-state index is 0.521. The molecule has 4 nitrogen and oxygen atoms in total. The predicted molar refractivity (Wildman–Crippen MR) is 64.3 cm³/mol. The van der Waals surface area contributed by atoms with Crippen LogP contribution < -0.4 is 5.73 Å². The number of hydrogen-bond donors (Lipinski definition) is 1. The molecule has 5 heteroatoms. The quantitative estimate of drug-likeness (QED) is 0.821. The molecule has 1 aromatic carbocycles. The summed E-state index contributed by atoms with van der Waals surface area (Å²) in [6.07, 6.45) is 2.67. The topological polar surface area (TPSA) is 64.9 Å². The summed E-state index contributed by atoms with van der Waals surface area (Å²) in [7, 11) is 0. The zero-order chi connectivity index (χ0) is 11.4. The van der Waals surface area contributed by atoms with Gasteiger partial charge in [-0.2, -0.15) is 4.98 Å². The second-order valence-corrected chi connectivity index (χ2v) is 4.16. The van der Waals surface area contributed by atoms with E-state index in [1.807, 2.05) is 30.5 Å². The van der Waals surface area contributed by atoms with Crippen LogP contribution in [0.25, 0.3) is 11.4 Å². The third-order valence-electron chi connectivity index (χ3n) is 2.17. The van der Waals surface area contributed by atoms with Crippen molar-refractivity contribution in [2.75, 3.05) is 12.8 Å². The van der Waals surface area contributed by atoms with Gasteiger partial charge < -0.3 is 10.3 Å². The first-order valence-electron chi connectivity index (χ1n) is 5.00. The van der Waals surface area contributed by atoms with Gasteiger partial charge in [-0.1, -0.05) is 5.16 Å². The second kappa shape index (κ2) is 5.14. The highest BCUT2D eigenvalue weighted by molar-refractivity contribution is 7.98. The second-order valence-electron chi connectivity index (χ2n) is 3.28. The molecule has 0 aliphatic heterocycles. The molecular weight excluding hydrogens is 222 g/mol. The van der Waals surface area contributed by atoms with Crippen LogP contribution >= 0.6 is 11.8 Å². The molecule has 84 valence electrons. The fourth-order valence-electron chi connectivity index (χ4n) is 1.34. The van der Waals surface area contributed by atoms with E-state index in [1.165, 1.54) is 4.90 Å². The molecular formula is C11H13N3OS. The van der Waals surface area contributed by atoms with Crippen LogP contribution in [0.3, 0.4) is 0 Å². The van der Waals surface area contributed by atoms with Gasteiger partial charge in [0.1, 0.15) is 0 Å². The smallest absolute Gasteiger partial charge is 0.228 e. The van der Waals surface area contributed by atoms with Crippen molar-refractivity contribution in [2.45, 2.75) is 11.3 Å². The molecule has 0 bridgehead atoms. The highest BCUT2D eigenvalue weighted by Gasteiger charge is 2.07. The van der Waals surface area contributed by atoms with Gasteiger partial charge >= 0.3 is 0 Å². The van der Waals surface area contributed by atoms with Gasteiger partial charge in [0.05, 0.1) is 0 Å². The highest BCUT2D eigenvalue weighted by atomic mass is 32.2. The molecule has 0 aliphatic carbocycles. The maximum Gasteiger partial charge on any atom is 0.228 e. The van der Waals surface area contributed by atoms with Crippen LogP contribution in [0.4, 0.5) is 0 Å². The average molecular weight is 235 g/mol. The Labute approximate surface area is 98.2 Å². The Balaban J connectivity index is 2.21. The molecule has 2 rings (SSSR count). The molecule has 0 unspecified atom stereocenters. The molecule has 1 heterocycles. The molecule has 0 aliphatic rings. The lowest BCUT2D eigenvalue weighted by Crippen LogP contribution is -2.02. The number of aromatic nitrogens is 2. The first kappa shape index (κ1) is 11.2. The van der Waals surface area contributed by atoms with Crippen molar-refractivity contribution < 1.29 is 4.52 Å². The maximum atomic E-state index is 5.42. The number of rotatable bonds is 4. The van der Waals surface area contributed by atoms with Crippen molar-refractivity contribution in [1.29, 1.82) is 0 Å². The van der Waals surface area contributed by atoms with Gasteiger partial charge in [0.25, 0.3) is 0 Å². The van der Waals surface area contributed by atoms with E-state index in [2.05, 4.69) is 10.1 Å². The number of hydrogen-bond acceptors (Lipinski definition) is 5. The van der Waals surface area contributed by atoms with E-state index >= 15 is 0 Å². The predicted octanol–water partition coefficient (Wildman–Crippen LogP) is 1.96. The summed E-state index contributed by atoms with van der Waals surface area (Å²) in [5.74, 6) is 1.21. The zero-order valence-corrected chi connectivity index (χ0v) is 9.83. The largest absolute Gasteiger partial charge is 0.339 e. The van der Waals surface area contributed by atoms with E-state index in [1.54, 1.807) is 11.8 Å². The summed E-state index contributed by atoms with van der Waals surface area (Å²) in [5.41, 5.74) is 6.38. The fourth-order valence-corrected chi connectivity index (χ4v) is 1.75. The number of thioether (sulfide) groups is 1. The Kier molecular flexibility index (Phi) is 3.58. The van der Waals surface area contributed by atoms with Crippen LogP contribution in [0.15, 0.2) is 33.7 Å². The first-order chi connectivity index (χ1) is 7.83. The minimum Gasteiger partial charge on any atom is -0.339 e. The molecule has 0 saturated heterocycles. The van der Waals surface area contributed by atoms with Gasteiger partial charge in [0.2, 0.25) is 11.7 Å². The standard InChI is InChI=1S/C11H13N3OS/c1-16-9-4-2-8(3-5-9)11-13-10(6-7-12)15-14-11/h2-5H,6-7,12H2,1H3. The molecule has 1 aromatic heterocycles. The van der Waals surface area contributed by atoms with Gasteiger partial charge in [0, 0.05) is 23.4 Å². The van der Waals surface area contributed by atoms with Crippen molar-refractivity contribution in [1.82, 2.24) is 10.1 Å². The van der Waals surface area contributed by atoms with Gasteiger partial charge in [-0.15, -0.1) is 11.8 Å². The SMILES string of the molecule is CSc1ccc(-c2noc(CCN)n2)cc1. The van der Waals surface area contributed by atoms with Gasteiger partial charge in [-0.3, -0.25) is 0 Å². The molecule has 0 amide bonds. The Morgan fingerprint density at radius 3 is 2.69 bits per heavy atom. The molecule has 2 N–H and O–H groups in total. The third-order valence-corrected chi connectivity index (χ3v) is 2.92.